The quantitative estimate of drug-likeness (QED) is 0.857. The van der Waals surface area contributed by atoms with E-state index >= 15 is 0 Å². The molecule has 0 aliphatic carbocycles. The summed E-state index contributed by atoms with van der Waals surface area (Å²) in [5.41, 5.74) is 1.30. The maximum atomic E-state index is 11.6. The van der Waals surface area contributed by atoms with Crippen LogP contribution in [0.4, 0.5) is 0 Å². The topological polar surface area (TPSA) is 35.9 Å². The smallest absolute Gasteiger partial charge is 0.222 e. The first-order valence-electron chi connectivity index (χ1n) is 7.45. The van der Waals surface area contributed by atoms with Crippen LogP contribution in [0.15, 0.2) is 23.3 Å². The highest BCUT2D eigenvalue weighted by Crippen LogP contribution is 2.30. The predicted molar refractivity (Wildman–Crippen MR) is 86.7 cm³/mol. The second-order valence-electron chi connectivity index (χ2n) is 5.64. The molecule has 1 amide bonds. The number of rotatable bonds is 4. The molecule has 1 aromatic heterocycles. The van der Waals surface area contributed by atoms with Gasteiger partial charge in [0, 0.05) is 42.0 Å². The molecule has 2 aliphatic rings. The van der Waals surface area contributed by atoms with Crippen molar-refractivity contribution in [2.75, 3.05) is 19.6 Å². The first-order chi connectivity index (χ1) is 10.1. The third-order valence-electron chi connectivity index (χ3n) is 4.03. The van der Waals surface area contributed by atoms with Crippen molar-refractivity contribution < 1.29 is 4.79 Å². The largest absolute Gasteiger partial charge is 0.341 e. The van der Waals surface area contributed by atoms with Crippen LogP contribution >= 0.6 is 11.3 Å². The summed E-state index contributed by atoms with van der Waals surface area (Å²) in [6.45, 7) is 6.80. The van der Waals surface area contributed by atoms with E-state index in [0.717, 1.165) is 26.1 Å². The molecule has 21 heavy (non-hydrogen) atoms. The summed E-state index contributed by atoms with van der Waals surface area (Å²) in [7, 11) is 0. The van der Waals surface area contributed by atoms with Crippen LogP contribution in [0.3, 0.4) is 0 Å². The molecule has 1 saturated heterocycles. The fourth-order valence-corrected chi connectivity index (χ4v) is 3.84. The average Bonchev–Trinajstić information content (AvgIpc) is 3.03. The normalized spacial score (nSPS) is 21.6. The Balaban J connectivity index is 1.56. The zero-order chi connectivity index (χ0) is 14.8. The van der Waals surface area contributed by atoms with Gasteiger partial charge >= 0.3 is 0 Å². The molecule has 0 radical (unpaired) electrons. The van der Waals surface area contributed by atoms with Crippen molar-refractivity contribution in [1.29, 1.82) is 0 Å². The van der Waals surface area contributed by atoms with Gasteiger partial charge in [0.05, 0.1) is 12.4 Å². The summed E-state index contributed by atoms with van der Waals surface area (Å²) in [5, 5.41) is 0. The highest BCUT2D eigenvalue weighted by molar-refractivity contribution is 7.12. The molecule has 0 saturated carbocycles. The molecule has 112 valence electrons. The van der Waals surface area contributed by atoms with E-state index in [0.29, 0.717) is 6.42 Å². The highest BCUT2D eigenvalue weighted by Gasteiger charge is 2.20. The Kier molecular flexibility index (Phi) is 4.10. The van der Waals surface area contributed by atoms with Crippen LogP contribution in [0, 0.1) is 13.8 Å². The second-order valence-corrected chi connectivity index (χ2v) is 7.10. The summed E-state index contributed by atoms with van der Waals surface area (Å²) in [6.07, 6.45) is 7.84. The van der Waals surface area contributed by atoms with Gasteiger partial charge in [-0.05, 0) is 38.0 Å². The van der Waals surface area contributed by atoms with Gasteiger partial charge in [0.25, 0.3) is 0 Å². The third-order valence-corrected chi connectivity index (χ3v) is 5.01. The molecule has 1 atom stereocenters. The minimum atomic E-state index is 0.139. The number of nitrogens with zero attached hydrogens (tertiary/aromatic N) is 3. The van der Waals surface area contributed by atoms with E-state index in [9.17, 15) is 4.79 Å². The minimum absolute atomic E-state index is 0.139. The Hall–Kier alpha value is -1.62. The van der Waals surface area contributed by atoms with Crippen LogP contribution in [0.25, 0.3) is 0 Å². The third kappa shape index (κ3) is 3.18. The average molecular weight is 303 g/mol. The maximum absolute atomic E-state index is 11.6. The Bertz CT molecular complexity index is 576. The van der Waals surface area contributed by atoms with E-state index < -0.39 is 0 Å². The number of amides is 1. The molecule has 1 fully saturated rings. The summed E-state index contributed by atoms with van der Waals surface area (Å²) in [6, 6.07) is 2.37. The van der Waals surface area contributed by atoms with Crippen molar-refractivity contribution in [2.24, 2.45) is 4.99 Å². The van der Waals surface area contributed by atoms with Gasteiger partial charge < -0.3 is 9.80 Å². The molecular formula is C16H21N3OS. The number of hydrogen-bond acceptors (Lipinski definition) is 4. The fourth-order valence-electron chi connectivity index (χ4n) is 2.87. The van der Waals surface area contributed by atoms with E-state index in [1.165, 1.54) is 15.3 Å². The number of hydrogen-bond donors (Lipinski definition) is 0. The Labute approximate surface area is 129 Å². The first kappa shape index (κ1) is 14.3. The van der Waals surface area contributed by atoms with E-state index in [1.807, 2.05) is 22.6 Å². The van der Waals surface area contributed by atoms with Gasteiger partial charge in [0.1, 0.15) is 0 Å². The predicted octanol–water partition coefficient (Wildman–Crippen LogP) is 2.89. The summed E-state index contributed by atoms with van der Waals surface area (Å²) in [4.78, 5) is 22.9. The van der Waals surface area contributed by atoms with Crippen LogP contribution < -0.4 is 0 Å². The SMILES string of the molecule is Cc1cc(C2C=CN(CCN3CCCC3=O)C=N2)c(C)s1. The van der Waals surface area contributed by atoms with Crippen molar-refractivity contribution in [3.05, 3.63) is 33.7 Å². The molecule has 0 N–H and O–H groups in total. The van der Waals surface area contributed by atoms with Gasteiger partial charge in [-0.2, -0.15) is 0 Å². The van der Waals surface area contributed by atoms with Gasteiger partial charge in [-0.25, -0.2) is 0 Å². The van der Waals surface area contributed by atoms with Crippen LogP contribution in [-0.4, -0.2) is 41.7 Å². The zero-order valence-corrected chi connectivity index (χ0v) is 13.4. The van der Waals surface area contributed by atoms with E-state index in [-0.39, 0.29) is 11.9 Å². The number of likely N-dealkylation sites (tertiary alicyclic amines) is 1. The number of thiophene rings is 1. The lowest BCUT2D eigenvalue weighted by atomic mass is 10.1. The van der Waals surface area contributed by atoms with E-state index in [4.69, 9.17) is 0 Å². The maximum Gasteiger partial charge on any atom is 0.222 e. The van der Waals surface area contributed by atoms with Crippen molar-refractivity contribution in [1.82, 2.24) is 9.80 Å². The molecule has 0 bridgehead atoms. The van der Waals surface area contributed by atoms with Crippen LogP contribution in [0.2, 0.25) is 0 Å². The molecule has 3 heterocycles. The summed E-state index contributed by atoms with van der Waals surface area (Å²) < 4.78 is 0. The van der Waals surface area contributed by atoms with Crippen molar-refractivity contribution in [2.45, 2.75) is 32.7 Å². The van der Waals surface area contributed by atoms with Gasteiger partial charge in [0.15, 0.2) is 0 Å². The molecule has 2 aliphatic heterocycles. The number of carbonyl (C=O) groups is 1. The summed E-state index contributed by atoms with van der Waals surface area (Å²) in [5.74, 6) is 0.287. The monoisotopic (exact) mass is 303 g/mol. The van der Waals surface area contributed by atoms with Crippen LogP contribution in [0.5, 0.6) is 0 Å². The highest BCUT2D eigenvalue weighted by atomic mass is 32.1. The number of aryl methyl sites for hydroxylation is 2. The molecular weight excluding hydrogens is 282 g/mol. The molecule has 4 nitrogen and oxygen atoms in total. The first-order valence-corrected chi connectivity index (χ1v) is 8.27. The summed E-state index contributed by atoms with van der Waals surface area (Å²) >= 11 is 1.83. The van der Waals surface area contributed by atoms with Crippen molar-refractivity contribution >= 4 is 23.6 Å². The lowest BCUT2D eigenvalue weighted by Gasteiger charge is -2.24. The van der Waals surface area contributed by atoms with Crippen LogP contribution in [0.1, 0.15) is 34.2 Å². The van der Waals surface area contributed by atoms with Gasteiger partial charge in [-0.1, -0.05) is 0 Å². The lowest BCUT2D eigenvalue weighted by molar-refractivity contribution is -0.127. The minimum Gasteiger partial charge on any atom is -0.341 e. The molecule has 1 aromatic rings. The van der Waals surface area contributed by atoms with E-state index in [2.05, 4.69) is 42.1 Å². The number of carbonyl (C=O) groups excluding carboxylic acids is 1. The molecule has 3 rings (SSSR count). The van der Waals surface area contributed by atoms with Gasteiger partial charge in [0.2, 0.25) is 5.91 Å². The van der Waals surface area contributed by atoms with Crippen molar-refractivity contribution in [3.63, 3.8) is 0 Å². The molecule has 1 unspecified atom stereocenters. The van der Waals surface area contributed by atoms with Gasteiger partial charge in [-0.15, -0.1) is 11.3 Å². The Morgan fingerprint density at radius 2 is 2.24 bits per heavy atom. The van der Waals surface area contributed by atoms with Crippen molar-refractivity contribution in [3.8, 4) is 0 Å². The Morgan fingerprint density at radius 3 is 2.81 bits per heavy atom. The fraction of sp³-hybridized carbons (Fsp3) is 0.500. The molecule has 5 heteroatoms. The molecule has 0 aromatic carbocycles. The Morgan fingerprint density at radius 1 is 1.38 bits per heavy atom. The van der Waals surface area contributed by atoms with E-state index in [1.54, 1.807) is 0 Å². The number of aliphatic imine (C=N–C) groups is 1. The second kappa shape index (κ2) is 6.02. The molecule has 0 spiro atoms. The lowest BCUT2D eigenvalue weighted by Crippen LogP contribution is -2.33. The zero-order valence-electron chi connectivity index (χ0n) is 12.6. The van der Waals surface area contributed by atoms with Gasteiger partial charge in [-0.3, -0.25) is 9.79 Å². The van der Waals surface area contributed by atoms with Crippen LogP contribution in [-0.2, 0) is 4.79 Å². The standard InChI is InChI=1S/C16H21N3OS/c1-12-10-14(13(2)21-12)15-5-7-18(11-17-15)8-9-19-6-3-4-16(19)20/h5,7,10-11,15H,3-4,6,8-9H2,1-2H3.